The molecule has 10 heteroatoms. The maximum atomic E-state index is 13.7. The first-order chi connectivity index (χ1) is 9.54. The monoisotopic (exact) mass is 334 g/mol. The lowest BCUT2D eigenvalue weighted by molar-refractivity contribution is -0.276. The van der Waals surface area contributed by atoms with E-state index in [1.165, 1.54) is 0 Å². The molecule has 2 aromatic rings. The summed E-state index contributed by atoms with van der Waals surface area (Å²) in [4.78, 5) is -0.776. The Morgan fingerprint density at radius 1 is 0.810 bits per heavy atom. The second kappa shape index (κ2) is 4.93. The van der Waals surface area contributed by atoms with Crippen molar-refractivity contribution >= 4 is 23.4 Å². The van der Waals surface area contributed by atoms with Crippen molar-refractivity contribution in [1.29, 1.82) is 0 Å². The quantitative estimate of drug-likeness (QED) is 0.451. The van der Waals surface area contributed by atoms with Crippen LogP contribution in [-0.4, -0.2) is 6.36 Å². The molecule has 0 atom stereocenters. The SMILES string of the molecule is Fc1c(OC(F)(F)F)c(F)c2c(F)cc(S)c(F)c2c1F. The van der Waals surface area contributed by atoms with E-state index in [1.807, 2.05) is 0 Å². The van der Waals surface area contributed by atoms with E-state index in [1.54, 1.807) is 0 Å². The van der Waals surface area contributed by atoms with Crippen LogP contribution >= 0.6 is 12.6 Å². The van der Waals surface area contributed by atoms with Crippen molar-refractivity contribution in [2.45, 2.75) is 11.3 Å². The Morgan fingerprint density at radius 3 is 1.90 bits per heavy atom. The number of benzene rings is 2. The number of ether oxygens (including phenoxy) is 1. The molecule has 21 heavy (non-hydrogen) atoms. The lowest BCUT2D eigenvalue weighted by atomic mass is 10.1. The molecule has 0 fully saturated rings. The van der Waals surface area contributed by atoms with Gasteiger partial charge in [-0.3, -0.25) is 0 Å². The van der Waals surface area contributed by atoms with Gasteiger partial charge in [-0.25, -0.2) is 17.6 Å². The van der Waals surface area contributed by atoms with Crippen LogP contribution in [0.15, 0.2) is 11.0 Å². The van der Waals surface area contributed by atoms with E-state index in [0.29, 0.717) is 6.07 Å². The van der Waals surface area contributed by atoms with Gasteiger partial charge in [0.2, 0.25) is 11.6 Å². The van der Waals surface area contributed by atoms with Gasteiger partial charge in [-0.2, -0.15) is 4.39 Å². The van der Waals surface area contributed by atoms with Crippen LogP contribution in [0.2, 0.25) is 0 Å². The van der Waals surface area contributed by atoms with Gasteiger partial charge < -0.3 is 4.74 Å². The van der Waals surface area contributed by atoms with Gasteiger partial charge in [0.1, 0.15) is 11.6 Å². The van der Waals surface area contributed by atoms with Crippen LogP contribution in [0.25, 0.3) is 10.8 Å². The summed E-state index contributed by atoms with van der Waals surface area (Å²) in [6, 6.07) is 0.304. The van der Waals surface area contributed by atoms with Crippen molar-refractivity contribution in [2.75, 3.05) is 0 Å². The molecule has 0 amide bonds. The van der Waals surface area contributed by atoms with E-state index in [4.69, 9.17) is 0 Å². The molecule has 0 radical (unpaired) electrons. The van der Waals surface area contributed by atoms with Gasteiger partial charge in [-0.1, -0.05) is 0 Å². The molecule has 0 aliphatic rings. The Kier molecular flexibility index (Phi) is 3.68. The minimum Gasteiger partial charge on any atom is -0.399 e. The second-order valence-corrected chi connectivity index (χ2v) is 4.24. The molecule has 0 N–H and O–H groups in total. The predicted octanol–water partition coefficient (Wildman–Crippen LogP) is 4.72. The molecule has 0 aliphatic heterocycles. The Morgan fingerprint density at radius 2 is 1.38 bits per heavy atom. The van der Waals surface area contributed by atoms with Crippen molar-refractivity contribution in [1.82, 2.24) is 0 Å². The van der Waals surface area contributed by atoms with E-state index in [9.17, 15) is 35.1 Å². The summed E-state index contributed by atoms with van der Waals surface area (Å²) in [6.45, 7) is 0. The van der Waals surface area contributed by atoms with Crippen molar-refractivity contribution < 1.29 is 39.9 Å². The standard InChI is InChI=1S/C11H2F8OS/c12-2-1-3(21)6(13)5-4(2)8(15)10(9(16)7(5)14)20-11(17,18)19/h1,21H. The fourth-order valence-electron chi connectivity index (χ4n) is 1.66. The first kappa shape index (κ1) is 15.7. The van der Waals surface area contributed by atoms with Crippen molar-refractivity contribution in [2.24, 2.45) is 0 Å². The fourth-order valence-corrected chi connectivity index (χ4v) is 1.88. The average molecular weight is 334 g/mol. The first-order valence-electron chi connectivity index (χ1n) is 4.97. The number of thiol groups is 1. The Hall–Kier alpha value is -1.71. The molecule has 0 saturated carbocycles. The summed E-state index contributed by atoms with van der Waals surface area (Å²) in [5.74, 6) is -12.3. The van der Waals surface area contributed by atoms with Gasteiger partial charge in [0.15, 0.2) is 11.6 Å². The van der Waals surface area contributed by atoms with Gasteiger partial charge >= 0.3 is 6.36 Å². The second-order valence-electron chi connectivity index (χ2n) is 3.76. The normalized spacial score (nSPS) is 12.0. The van der Waals surface area contributed by atoms with Gasteiger partial charge in [0.25, 0.3) is 0 Å². The summed E-state index contributed by atoms with van der Waals surface area (Å²) in [5, 5.41) is -3.01. The highest BCUT2D eigenvalue weighted by atomic mass is 32.1. The first-order valence-corrected chi connectivity index (χ1v) is 5.42. The van der Waals surface area contributed by atoms with E-state index < -0.39 is 56.9 Å². The molecule has 0 aromatic heterocycles. The Balaban J connectivity index is 2.94. The molecule has 0 unspecified atom stereocenters. The fraction of sp³-hybridized carbons (Fsp3) is 0.0909. The number of alkyl halides is 3. The molecule has 2 rings (SSSR count). The number of fused-ring (bicyclic) bond motifs is 1. The van der Waals surface area contributed by atoms with Gasteiger partial charge in [-0.15, -0.1) is 25.8 Å². The summed E-state index contributed by atoms with van der Waals surface area (Å²) in [5.41, 5.74) is 0. The number of halogens is 8. The number of rotatable bonds is 1. The highest BCUT2D eigenvalue weighted by molar-refractivity contribution is 7.80. The van der Waals surface area contributed by atoms with Crippen LogP contribution in [0.3, 0.4) is 0 Å². The minimum atomic E-state index is -5.56. The van der Waals surface area contributed by atoms with Crippen LogP contribution in [0.5, 0.6) is 5.75 Å². The summed E-state index contributed by atoms with van der Waals surface area (Å²) in [6.07, 6.45) is -5.56. The third-order valence-electron chi connectivity index (χ3n) is 2.44. The maximum absolute atomic E-state index is 13.7. The molecular formula is C11H2F8OS. The van der Waals surface area contributed by atoms with Gasteiger partial charge in [0, 0.05) is 4.90 Å². The van der Waals surface area contributed by atoms with E-state index in [2.05, 4.69) is 17.4 Å². The van der Waals surface area contributed by atoms with Crippen LogP contribution in [-0.2, 0) is 0 Å². The van der Waals surface area contributed by atoms with Gasteiger partial charge in [0.05, 0.1) is 10.8 Å². The highest BCUT2D eigenvalue weighted by Crippen LogP contribution is 2.39. The molecule has 114 valence electrons. The van der Waals surface area contributed by atoms with Crippen molar-refractivity contribution in [3.05, 3.63) is 35.2 Å². The maximum Gasteiger partial charge on any atom is 0.573 e. The third kappa shape index (κ3) is 2.59. The lowest BCUT2D eigenvalue weighted by Gasteiger charge is -2.14. The summed E-state index contributed by atoms with van der Waals surface area (Å²) in [7, 11) is 0. The molecular weight excluding hydrogens is 332 g/mol. The molecule has 0 bridgehead atoms. The lowest BCUT2D eigenvalue weighted by Crippen LogP contribution is -2.19. The van der Waals surface area contributed by atoms with Crippen LogP contribution in [0.4, 0.5) is 35.1 Å². The molecule has 0 aliphatic carbocycles. The zero-order valence-corrected chi connectivity index (χ0v) is 10.4. The zero-order valence-electron chi connectivity index (χ0n) is 9.46. The molecule has 0 saturated heterocycles. The smallest absolute Gasteiger partial charge is 0.399 e. The molecule has 2 aromatic carbocycles. The zero-order chi connectivity index (χ0) is 16.1. The number of hydrogen-bond donors (Lipinski definition) is 1. The van der Waals surface area contributed by atoms with Gasteiger partial charge in [-0.05, 0) is 6.07 Å². The molecule has 0 heterocycles. The number of hydrogen-bond acceptors (Lipinski definition) is 2. The average Bonchev–Trinajstić information content (AvgIpc) is 2.35. The van der Waals surface area contributed by atoms with Crippen LogP contribution in [0.1, 0.15) is 0 Å². The van der Waals surface area contributed by atoms with E-state index >= 15 is 0 Å². The third-order valence-corrected chi connectivity index (χ3v) is 2.77. The minimum absolute atomic E-state index is 0.304. The van der Waals surface area contributed by atoms with Crippen LogP contribution < -0.4 is 4.74 Å². The largest absolute Gasteiger partial charge is 0.573 e. The molecule has 1 nitrogen and oxygen atoms in total. The predicted molar refractivity (Wildman–Crippen MR) is 57.7 cm³/mol. The van der Waals surface area contributed by atoms with E-state index in [-0.39, 0.29) is 0 Å². The Labute approximate surface area is 116 Å². The summed E-state index contributed by atoms with van der Waals surface area (Å²) >= 11 is 3.42. The Bertz CT molecular complexity index is 740. The van der Waals surface area contributed by atoms with Crippen molar-refractivity contribution in [3.8, 4) is 5.75 Å². The summed E-state index contributed by atoms with van der Waals surface area (Å²) < 4.78 is 107. The van der Waals surface area contributed by atoms with E-state index in [0.717, 1.165) is 0 Å². The molecule has 0 spiro atoms. The topological polar surface area (TPSA) is 9.23 Å². The highest BCUT2D eigenvalue weighted by Gasteiger charge is 2.37. The van der Waals surface area contributed by atoms with Crippen LogP contribution in [0, 0.1) is 29.1 Å². The van der Waals surface area contributed by atoms with Crippen molar-refractivity contribution in [3.63, 3.8) is 0 Å².